The lowest BCUT2D eigenvalue weighted by atomic mass is 10.2. The average molecular weight is 217 g/mol. The zero-order valence-corrected chi connectivity index (χ0v) is 9.07. The van der Waals surface area contributed by atoms with E-state index in [0.717, 1.165) is 37.4 Å². The molecule has 1 fully saturated rings. The van der Waals surface area contributed by atoms with Gasteiger partial charge in [-0.2, -0.15) is 0 Å². The second-order valence-corrected chi connectivity index (χ2v) is 4.00. The van der Waals surface area contributed by atoms with Crippen LogP contribution in [0.15, 0.2) is 30.5 Å². The highest BCUT2D eigenvalue weighted by atomic mass is 16.7. The Morgan fingerprint density at radius 2 is 2.00 bits per heavy atom. The van der Waals surface area contributed by atoms with Crippen molar-refractivity contribution in [1.82, 2.24) is 15.4 Å². The van der Waals surface area contributed by atoms with Crippen LogP contribution in [-0.4, -0.2) is 36.2 Å². The third-order valence-electron chi connectivity index (χ3n) is 2.84. The molecule has 0 spiro atoms. The second-order valence-electron chi connectivity index (χ2n) is 4.00. The standard InChI is InChI=1S/C12H15N3O/c1-2-12-10(3-4-14-12)9-11(1)16-15-7-5-13-6-8-15/h1-4,9,13-14H,5-8H2. The van der Waals surface area contributed by atoms with E-state index in [1.807, 2.05) is 23.4 Å². The first-order valence-electron chi connectivity index (χ1n) is 5.62. The molecule has 1 aliphatic rings. The molecule has 1 saturated heterocycles. The van der Waals surface area contributed by atoms with E-state index in [1.54, 1.807) is 0 Å². The van der Waals surface area contributed by atoms with Crippen LogP contribution < -0.4 is 10.2 Å². The molecule has 4 nitrogen and oxygen atoms in total. The maximum absolute atomic E-state index is 5.81. The largest absolute Gasteiger partial charge is 0.406 e. The molecule has 0 aliphatic carbocycles. The van der Waals surface area contributed by atoms with Crippen LogP contribution >= 0.6 is 0 Å². The Labute approximate surface area is 94.2 Å². The predicted molar refractivity (Wildman–Crippen MR) is 63.4 cm³/mol. The van der Waals surface area contributed by atoms with Crippen LogP contribution in [0.5, 0.6) is 5.75 Å². The molecule has 2 heterocycles. The van der Waals surface area contributed by atoms with Crippen molar-refractivity contribution in [3.63, 3.8) is 0 Å². The van der Waals surface area contributed by atoms with Crippen molar-refractivity contribution in [3.8, 4) is 5.75 Å². The van der Waals surface area contributed by atoms with Crippen molar-refractivity contribution in [2.45, 2.75) is 0 Å². The van der Waals surface area contributed by atoms with Gasteiger partial charge < -0.3 is 15.1 Å². The smallest absolute Gasteiger partial charge is 0.148 e. The number of hydrogen-bond donors (Lipinski definition) is 2. The topological polar surface area (TPSA) is 40.3 Å². The number of benzene rings is 1. The van der Waals surface area contributed by atoms with Gasteiger partial charge in [-0.25, -0.2) is 0 Å². The summed E-state index contributed by atoms with van der Waals surface area (Å²) >= 11 is 0. The molecule has 4 heteroatoms. The van der Waals surface area contributed by atoms with Crippen molar-refractivity contribution in [3.05, 3.63) is 30.5 Å². The monoisotopic (exact) mass is 217 g/mol. The van der Waals surface area contributed by atoms with Gasteiger partial charge in [0.05, 0.1) is 0 Å². The third-order valence-corrected chi connectivity index (χ3v) is 2.84. The summed E-state index contributed by atoms with van der Waals surface area (Å²) in [6.45, 7) is 3.86. The summed E-state index contributed by atoms with van der Waals surface area (Å²) < 4.78 is 0. The number of aromatic nitrogens is 1. The molecule has 0 unspecified atom stereocenters. The summed E-state index contributed by atoms with van der Waals surface area (Å²) in [5.41, 5.74) is 1.15. The van der Waals surface area contributed by atoms with Crippen LogP contribution in [0.3, 0.4) is 0 Å². The fraction of sp³-hybridized carbons (Fsp3) is 0.333. The van der Waals surface area contributed by atoms with Gasteiger partial charge in [0, 0.05) is 43.3 Å². The van der Waals surface area contributed by atoms with Crippen molar-refractivity contribution >= 4 is 10.9 Å². The fourth-order valence-electron chi connectivity index (χ4n) is 1.97. The van der Waals surface area contributed by atoms with E-state index in [4.69, 9.17) is 4.84 Å². The van der Waals surface area contributed by atoms with E-state index in [1.165, 1.54) is 5.39 Å². The zero-order valence-electron chi connectivity index (χ0n) is 9.07. The van der Waals surface area contributed by atoms with E-state index in [-0.39, 0.29) is 0 Å². The van der Waals surface area contributed by atoms with Gasteiger partial charge in [0.1, 0.15) is 5.75 Å². The lowest BCUT2D eigenvalue weighted by Gasteiger charge is -2.26. The van der Waals surface area contributed by atoms with Gasteiger partial charge in [-0.05, 0) is 24.3 Å². The van der Waals surface area contributed by atoms with Crippen molar-refractivity contribution < 1.29 is 4.84 Å². The van der Waals surface area contributed by atoms with E-state index >= 15 is 0 Å². The molecule has 1 aromatic heterocycles. The van der Waals surface area contributed by atoms with E-state index in [0.29, 0.717) is 0 Å². The van der Waals surface area contributed by atoms with E-state index in [9.17, 15) is 0 Å². The summed E-state index contributed by atoms with van der Waals surface area (Å²) in [7, 11) is 0. The number of H-pyrrole nitrogens is 1. The third kappa shape index (κ3) is 1.89. The number of hydrogen-bond acceptors (Lipinski definition) is 3. The molecule has 0 radical (unpaired) electrons. The second kappa shape index (κ2) is 4.15. The quantitative estimate of drug-likeness (QED) is 0.798. The minimum Gasteiger partial charge on any atom is -0.406 e. The zero-order chi connectivity index (χ0) is 10.8. The Morgan fingerprint density at radius 1 is 1.12 bits per heavy atom. The predicted octanol–water partition coefficient (Wildman–Crippen LogP) is 1.37. The Morgan fingerprint density at radius 3 is 2.88 bits per heavy atom. The van der Waals surface area contributed by atoms with Gasteiger partial charge in [-0.15, -0.1) is 5.06 Å². The molecular weight excluding hydrogens is 202 g/mol. The highest BCUT2D eigenvalue weighted by Gasteiger charge is 2.11. The first kappa shape index (κ1) is 9.69. The van der Waals surface area contributed by atoms with Crippen molar-refractivity contribution in [2.24, 2.45) is 0 Å². The summed E-state index contributed by atoms with van der Waals surface area (Å²) in [6, 6.07) is 8.17. The SMILES string of the molecule is c1cc2cc(ON3CCNCC3)ccc2[nH]1. The van der Waals surface area contributed by atoms with Crippen LogP contribution in [-0.2, 0) is 0 Å². The van der Waals surface area contributed by atoms with Gasteiger partial charge >= 0.3 is 0 Å². The summed E-state index contributed by atoms with van der Waals surface area (Å²) in [5, 5.41) is 6.49. The van der Waals surface area contributed by atoms with Crippen LogP contribution in [0.4, 0.5) is 0 Å². The minimum atomic E-state index is 0.911. The molecular formula is C12H15N3O. The minimum absolute atomic E-state index is 0.911. The highest BCUT2D eigenvalue weighted by Crippen LogP contribution is 2.20. The Bertz CT molecular complexity index is 474. The molecule has 2 N–H and O–H groups in total. The number of hydroxylamine groups is 2. The Balaban J connectivity index is 1.77. The van der Waals surface area contributed by atoms with E-state index in [2.05, 4.69) is 22.4 Å². The van der Waals surface area contributed by atoms with E-state index < -0.39 is 0 Å². The van der Waals surface area contributed by atoms with Crippen molar-refractivity contribution in [1.29, 1.82) is 0 Å². The first-order valence-corrected chi connectivity index (χ1v) is 5.62. The normalized spacial score (nSPS) is 17.8. The van der Waals surface area contributed by atoms with Crippen LogP contribution in [0.1, 0.15) is 0 Å². The molecule has 1 aromatic carbocycles. The van der Waals surface area contributed by atoms with Gasteiger partial charge in [0.2, 0.25) is 0 Å². The fourth-order valence-corrected chi connectivity index (χ4v) is 1.97. The van der Waals surface area contributed by atoms with Crippen LogP contribution in [0.25, 0.3) is 10.9 Å². The molecule has 0 saturated carbocycles. The molecule has 84 valence electrons. The Kier molecular flexibility index (Phi) is 2.52. The van der Waals surface area contributed by atoms with Gasteiger partial charge in [-0.1, -0.05) is 0 Å². The van der Waals surface area contributed by atoms with Crippen LogP contribution in [0.2, 0.25) is 0 Å². The lowest BCUT2D eigenvalue weighted by Crippen LogP contribution is -2.45. The maximum Gasteiger partial charge on any atom is 0.148 e. The Hall–Kier alpha value is -1.52. The number of nitrogens with one attached hydrogen (secondary N) is 2. The summed E-state index contributed by atoms with van der Waals surface area (Å²) in [4.78, 5) is 8.98. The summed E-state index contributed by atoms with van der Waals surface area (Å²) in [5.74, 6) is 0.911. The van der Waals surface area contributed by atoms with Crippen molar-refractivity contribution in [2.75, 3.05) is 26.2 Å². The van der Waals surface area contributed by atoms with Gasteiger partial charge in [0.15, 0.2) is 0 Å². The van der Waals surface area contributed by atoms with Gasteiger partial charge in [-0.3, -0.25) is 0 Å². The highest BCUT2D eigenvalue weighted by molar-refractivity contribution is 5.80. The molecule has 1 aliphatic heterocycles. The molecule has 0 amide bonds. The van der Waals surface area contributed by atoms with Crippen LogP contribution in [0, 0.1) is 0 Å². The lowest BCUT2D eigenvalue weighted by molar-refractivity contribution is -0.0663. The molecule has 16 heavy (non-hydrogen) atoms. The maximum atomic E-state index is 5.81. The summed E-state index contributed by atoms with van der Waals surface area (Å²) in [6.07, 6.45) is 1.94. The number of fused-ring (bicyclic) bond motifs is 1. The number of nitrogens with zero attached hydrogens (tertiary/aromatic N) is 1. The first-order chi connectivity index (χ1) is 7.92. The number of piperazine rings is 1. The molecule has 3 rings (SSSR count). The average Bonchev–Trinajstić information content (AvgIpc) is 2.77. The van der Waals surface area contributed by atoms with Gasteiger partial charge in [0.25, 0.3) is 0 Å². The molecule has 0 atom stereocenters. The molecule has 2 aromatic rings. The number of rotatable bonds is 2. The molecule has 0 bridgehead atoms. The number of aromatic amines is 1.